The topological polar surface area (TPSA) is 54.0 Å². The minimum atomic E-state index is -4.02. The summed E-state index contributed by atoms with van der Waals surface area (Å²) in [4.78, 5) is 5.25. The molecule has 2 aromatic carbocycles. The van der Waals surface area contributed by atoms with Gasteiger partial charge in [0.05, 0.1) is 6.61 Å². The SMILES string of the molecule is CCCCCCCCOOP(=O)(Oc1ccccc1C)Oc1ccccc1CC. The number of benzene rings is 2. The summed E-state index contributed by atoms with van der Waals surface area (Å²) in [5.74, 6) is 0.906. The number of para-hydroxylation sites is 2. The maximum Gasteiger partial charge on any atom is 0.615 e. The van der Waals surface area contributed by atoms with Gasteiger partial charge in [-0.3, -0.25) is 0 Å². The zero-order valence-electron chi connectivity index (χ0n) is 17.8. The molecule has 0 aliphatic carbocycles. The number of hydrogen-bond donors (Lipinski definition) is 0. The average Bonchev–Trinajstić information content (AvgIpc) is 2.72. The van der Waals surface area contributed by atoms with Gasteiger partial charge in [-0.05, 0) is 43.0 Å². The summed E-state index contributed by atoms with van der Waals surface area (Å²) in [5, 5.41) is 0. The van der Waals surface area contributed by atoms with Crippen LogP contribution in [0.15, 0.2) is 48.5 Å². The number of rotatable bonds is 14. The standard InChI is InChI=1S/C23H33O5P/c1-4-6-7-8-9-14-19-25-28-29(24,26-22-17-12-10-15-20(22)3)27-23-18-13-11-16-21(23)5-2/h10-13,15-18H,4-9,14,19H2,1-3H3. The van der Waals surface area contributed by atoms with Crippen LogP contribution in [0.5, 0.6) is 11.5 Å². The Morgan fingerprint density at radius 3 is 2.14 bits per heavy atom. The zero-order valence-corrected chi connectivity index (χ0v) is 18.7. The predicted molar refractivity (Wildman–Crippen MR) is 116 cm³/mol. The van der Waals surface area contributed by atoms with Crippen molar-refractivity contribution in [3.05, 3.63) is 59.7 Å². The van der Waals surface area contributed by atoms with E-state index in [0.29, 0.717) is 18.1 Å². The molecule has 0 heterocycles. The van der Waals surface area contributed by atoms with Crippen molar-refractivity contribution in [2.24, 2.45) is 0 Å². The van der Waals surface area contributed by atoms with Crippen molar-refractivity contribution < 1.29 is 23.2 Å². The van der Waals surface area contributed by atoms with Gasteiger partial charge < -0.3 is 9.05 Å². The van der Waals surface area contributed by atoms with Crippen molar-refractivity contribution in [2.45, 2.75) is 65.7 Å². The van der Waals surface area contributed by atoms with Crippen molar-refractivity contribution in [3.8, 4) is 11.5 Å². The van der Waals surface area contributed by atoms with E-state index >= 15 is 0 Å². The lowest BCUT2D eigenvalue weighted by Gasteiger charge is -2.20. The third-order valence-electron chi connectivity index (χ3n) is 4.59. The van der Waals surface area contributed by atoms with Crippen LogP contribution in [0.2, 0.25) is 0 Å². The van der Waals surface area contributed by atoms with Crippen molar-refractivity contribution in [3.63, 3.8) is 0 Å². The number of phosphoric ester groups is 1. The first-order chi connectivity index (χ1) is 14.1. The molecule has 0 radical (unpaired) electrons. The Morgan fingerprint density at radius 1 is 0.793 bits per heavy atom. The molecule has 0 spiro atoms. The average molecular weight is 420 g/mol. The first kappa shape index (κ1) is 23.5. The summed E-state index contributed by atoms with van der Waals surface area (Å²) in [7, 11) is -4.02. The summed E-state index contributed by atoms with van der Waals surface area (Å²) in [6, 6.07) is 14.7. The van der Waals surface area contributed by atoms with E-state index in [1.54, 1.807) is 12.1 Å². The third-order valence-corrected chi connectivity index (χ3v) is 5.72. The van der Waals surface area contributed by atoms with E-state index in [4.69, 9.17) is 18.6 Å². The molecule has 5 nitrogen and oxygen atoms in total. The molecule has 0 N–H and O–H groups in total. The van der Waals surface area contributed by atoms with Gasteiger partial charge in [-0.1, -0.05) is 82.3 Å². The number of hydrogen-bond acceptors (Lipinski definition) is 5. The molecule has 160 valence electrons. The fraction of sp³-hybridized carbons (Fsp3) is 0.478. The summed E-state index contributed by atoms with van der Waals surface area (Å²) in [6.07, 6.45) is 7.47. The van der Waals surface area contributed by atoms with E-state index in [9.17, 15) is 4.57 Å². The van der Waals surface area contributed by atoms with Gasteiger partial charge in [0, 0.05) is 0 Å². The van der Waals surface area contributed by atoms with Crippen LogP contribution in [0.3, 0.4) is 0 Å². The van der Waals surface area contributed by atoms with Gasteiger partial charge >= 0.3 is 7.82 Å². The second-order valence-electron chi connectivity index (χ2n) is 7.02. The van der Waals surface area contributed by atoms with Gasteiger partial charge in [-0.2, -0.15) is 0 Å². The van der Waals surface area contributed by atoms with E-state index < -0.39 is 7.82 Å². The van der Waals surface area contributed by atoms with Crippen LogP contribution >= 0.6 is 7.82 Å². The van der Waals surface area contributed by atoms with Crippen molar-refractivity contribution in [1.29, 1.82) is 0 Å². The molecule has 1 atom stereocenters. The van der Waals surface area contributed by atoms with E-state index in [2.05, 4.69) is 6.92 Å². The lowest BCUT2D eigenvalue weighted by atomic mass is 10.1. The number of aryl methyl sites for hydroxylation is 2. The van der Waals surface area contributed by atoms with Crippen LogP contribution in [0.25, 0.3) is 0 Å². The van der Waals surface area contributed by atoms with Crippen molar-refractivity contribution >= 4 is 7.82 Å². The van der Waals surface area contributed by atoms with E-state index in [1.807, 2.05) is 50.2 Å². The van der Waals surface area contributed by atoms with Gasteiger partial charge in [0.25, 0.3) is 0 Å². The highest BCUT2D eigenvalue weighted by Crippen LogP contribution is 2.51. The molecule has 2 aromatic rings. The minimum absolute atomic E-state index is 0.339. The van der Waals surface area contributed by atoms with Crippen molar-refractivity contribution in [2.75, 3.05) is 6.61 Å². The highest BCUT2D eigenvalue weighted by molar-refractivity contribution is 7.49. The Bertz CT molecular complexity index is 777. The Morgan fingerprint density at radius 2 is 1.41 bits per heavy atom. The number of unbranched alkanes of at least 4 members (excludes halogenated alkanes) is 5. The fourth-order valence-corrected chi connectivity index (χ4v) is 4.04. The normalized spacial score (nSPS) is 13.1. The first-order valence-corrected chi connectivity index (χ1v) is 12.0. The van der Waals surface area contributed by atoms with Crippen LogP contribution in [0.1, 0.15) is 63.5 Å². The van der Waals surface area contributed by atoms with Gasteiger partial charge in [-0.25, -0.2) is 9.45 Å². The molecule has 6 heteroatoms. The summed E-state index contributed by atoms with van der Waals surface area (Å²) < 4.78 is 30.0. The molecule has 0 amide bonds. The third kappa shape index (κ3) is 8.22. The molecule has 0 bridgehead atoms. The Kier molecular flexibility index (Phi) is 10.3. The molecule has 1 unspecified atom stereocenters. The van der Waals surface area contributed by atoms with Crippen molar-refractivity contribution in [1.82, 2.24) is 0 Å². The second kappa shape index (κ2) is 12.7. The van der Waals surface area contributed by atoms with Crippen LogP contribution in [0, 0.1) is 6.92 Å². The lowest BCUT2D eigenvalue weighted by molar-refractivity contribution is -0.220. The predicted octanol–water partition coefficient (Wildman–Crippen LogP) is 7.43. The summed E-state index contributed by atoms with van der Waals surface area (Å²) in [5.41, 5.74) is 1.75. The van der Waals surface area contributed by atoms with E-state index in [-0.39, 0.29) is 0 Å². The maximum absolute atomic E-state index is 13.4. The van der Waals surface area contributed by atoms with Gasteiger partial charge in [0.15, 0.2) is 0 Å². The summed E-state index contributed by atoms with van der Waals surface area (Å²) >= 11 is 0. The highest BCUT2D eigenvalue weighted by Gasteiger charge is 2.34. The zero-order chi connectivity index (χ0) is 21.0. The molecular weight excluding hydrogens is 387 g/mol. The van der Waals surface area contributed by atoms with Crippen LogP contribution < -0.4 is 9.05 Å². The fourth-order valence-electron chi connectivity index (χ4n) is 2.88. The summed E-state index contributed by atoms with van der Waals surface area (Å²) in [6.45, 7) is 6.41. The Balaban J connectivity index is 2.01. The lowest BCUT2D eigenvalue weighted by Crippen LogP contribution is -2.08. The minimum Gasteiger partial charge on any atom is -0.393 e. The van der Waals surface area contributed by atoms with Crippen LogP contribution in [0.4, 0.5) is 0 Å². The Labute approximate surface area is 174 Å². The Hall–Kier alpha value is -1.81. The van der Waals surface area contributed by atoms with Gasteiger partial charge in [-0.15, -0.1) is 4.67 Å². The molecule has 29 heavy (non-hydrogen) atoms. The second-order valence-corrected chi connectivity index (χ2v) is 8.43. The molecule has 0 fully saturated rings. The van der Waals surface area contributed by atoms with Gasteiger partial charge in [0.1, 0.15) is 11.5 Å². The van der Waals surface area contributed by atoms with Crippen LogP contribution in [-0.4, -0.2) is 6.61 Å². The molecule has 0 aromatic heterocycles. The van der Waals surface area contributed by atoms with E-state index in [1.165, 1.54) is 19.3 Å². The number of phosphoric acid groups is 1. The highest BCUT2D eigenvalue weighted by atomic mass is 31.2. The molecule has 0 aliphatic rings. The van der Waals surface area contributed by atoms with Gasteiger partial charge in [0.2, 0.25) is 0 Å². The monoisotopic (exact) mass is 420 g/mol. The molecule has 2 rings (SSSR count). The molecule has 0 saturated heterocycles. The largest absolute Gasteiger partial charge is 0.615 e. The van der Waals surface area contributed by atoms with Crippen LogP contribution in [-0.2, 0) is 20.5 Å². The smallest absolute Gasteiger partial charge is 0.393 e. The molecule has 0 aliphatic heterocycles. The first-order valence-electron chi connectivity index (χ1n) is 10.5. The molecule has 0 saturated carbocycles. The maximum atomic E-state index is 13.4. The van der Waals surface area contributed by atoms with E-state index in [0.717, 1.165) is 36.8 Å². The molecular formula is C23H33O5P. The quantitative estimate of drug-likeness (QED) is 0.138.